The van der Waals surface area contributed by atoms with E-state index in [1.165, 1.54) is 42.3 Å². The largest absolute Gasteiger partial charge is 0.487 e. The van der Waals surface area contributed by atoms with E-state index in [0.29, 0.717) is 34.2 Å². The van der Waals surface area contributed by atoms with Gasteiger partial charge in [-0.2, -0.15) is 0 Å². The first-order valence-electron chi connectivity index (χ1n) is 12.9. The van der Waals surface area contributed by atoms with Crippen LogP contribution in [0.15, 0.2) is 73.1 Å². The van der Waals surface area contributed by atoms with Gasteiger partial charge in [0.05, 0.1) is 5.02 Å². The Morgan fingerprint density at radius 3 is 2.66 bits per heavy atom. The lowest BCUT2D eigenvalue weighted by atomic mass is 10.1. The number of rotatable bonds is 11. The summed E-state index contributed by atoms with van der Waals surface area (Å²) in [7, 11) is 2.03. The standard InChI is InChI=1S/C30H28ClFN6O2S/c1-19(39)33-12-13-38(2)16-20-6-8-22(9-7-20)29-37-27-28(34-18-35-30(27)41-29)36-24-10-11-26(25(31)15-24)40-17-21-4-3-5-23(32)14-21/h3-11,14-15,18H,12-13,16-17H2,1-2H3,(H,33,39)(H,34,35,36). The van der Waals surface area contributed by atoms with Crippen molar-refractivity contribution in [3.05, 3.63) is 95.0 Å². The predicted molar refractivity (Wildman–Crippen MR) is 161 cm³/mol. The Labute approximate surface area is 246 Å². The zero-order valence-corrected chi connectivity index (χ0v) is 24.1. The first-order chi connectivity index (χ1) is 19.8. The van der Waals surface area contributed by atoms with E-state index in [9.17, 15) is 9.18 Å². The maximum Gasteiger partial charge on any atom is 0.216 e. The summed E-state index contributed by atoms with van der Waals surface area (Å²) in [6.45, 7) is 3.88. The second-order valence-electron chi connectivity index (χ2n) is 9.50. The van der Waals surface area contributed by atoms with Gasteiger partial charge in [-0.3, -0.25) is 4.79 Å². The third-order valence-electron chi connectivity index (χ3n) is 6.19. The molecular formula is C30H28ClFN6O2S. The van der Waals surface area contributed by atoms with Gasteiger partial charge < -0.3 is 20.3 Å². The van der Waals surface area contributed by atoms with Crippen LogP contribution in [0.5, 0.6) is 5.75 Å². The summed E-state index contributed by atoms with van der Waals surface area (Å²) in [4.78, 5) is 27.6. The third-order valence-corrected chi connectivity index (χ3v) is 7.50. The van der Waals surface area contributed by atoms with E-state index in [4.69, 9.17) is 21.3 Å². The molecule has 0 aliphatic heterocycles. The van der Waals surface area contributed by atoms with Crippen LogP contribution in [-0.4, -0.2) is 45.9 Å². The lowest BCUT2D eigenvalue weighted by Crippen LogP contribution is -2.31. The molecule has 0 bridgehead atoms. The van der Waals surface area contributed by atoms with Crippen LogP contribution in [0, 0.1) is 5.82 Å². The number of ether oxygens (including phenoxy) is 1. The van der Waals surface area contributed by atoms with E-state index in [0.717, 1.165) is 34.2 Å². The van der Waals surface area contributed by atoms with Gasteiger partial charge in [-0.25, -0.2) is 19.3 Å². The molecule has 2 heterocycles. The van der Waals surface area contributed by atoms with E-state index >= 15 is 0 Å². The van der Waals surface area contributed by atoms with Gasteiger partial charge >= 0.3 is 0 Å². The normalized spacial score (nSPS) is 11.1. The van der Waals surface area contributed by atoms with Gasteiger partial charge in [0, 0.05) is 37.8 Å². The lowest BCUT2D eigenvalue weighted by molar-refractivity contribution is -0.119. The van der Waals surface area contributed by atoms with Crippen molar-refractivity contribution in [2.45, 2.75) is 20.1 Å². The Kier molecular flexibility index (Phi) is 9.03. The van der Waals surface area contributed by atoms with Crippen LogP contribution in [0.25, 0.3) is 20.9 Å². The fourth-order valence-corrected chi connectivity index (χ4v) is 5.30. The van der Waals surface area contributed by atoms with Crippen molar-refractivity contribution in [2.24, 2.45) is 0 Å². The van der Waals surface area contributed by atoms with Crippen molar-refractivity contribution in [1.29, 1.82) is 0 Å². The first kappa shape index (κ1) is 28.4. The smallest absolute Gasteiger partial charge is 0.216 e. The molecule has 210 valence electrons. The summed E-state index contributed by atoms with van der Waals surface area (Å²) in [5.41, 5.74) is 4.26. The van der Waals surface area contributed by atoms with E-state index in [1.807, 2.05) is 13.1 Å². The van der Waals surface area contributed by atoms with Crippen molar-refractivity contribution in [3.8, 4) is 16.3 Å². The number of hydrogen-bond donors (Lipinski definition) is 2. The minimum Gasteiger partial charge on any atom is -0.487 e. The van der Waals surface area contributed by atoms with Gasteiger partial charge in [0.1, 0.15) is 39.9 Å². The second-order valence-corrected chi connectivity index (χ2v) is 10.9. The number of carbonyl (C=O) groups excluding carboxylic acids is 1. The van der Waals surface area contributed by atoms with E-state index in [2.05, 4.69) is 49.8 Å². The maximum atomic E-state index is 13.4. The van der Waals surface area contributed by atoms with Gasteiger partial charge in [0.25, 0.3) is 0 Å². The van der Waals surface area contributed by atoms with Crippen molar-refractivity contribution >= 4 is 50.7 Å². The molecule has 2 N–H and O–H groups in total. The van der Waals surface area contributed by atoms with Gasteiger partial charge in [-0.1, -0.05) is 59.3 Å². The number of hydrogen-bond acceptors (Lipinski definition) is 8. The maximum absolute atomic E-state index is 13.4. The fourth-order valence-electron chi connectivity index (χ4n) is 4.16. The summed E-state index contributed by atoms with van der Waals surface area (Å²) >= 11 is 7.97. The number of carbonyl (C=O) groups is 1. The monoisotopic (exact) mass is 590 g/mol. The summed E-state index contributed by atoms with van der Waals surface area (Å²) in [5.74, 6) is 0.730. The number of aromatic nitrogens is 3. The highest BCUT2D eigenvalue weighted by Crippen LogP contribution is 2.34. The Bertz CT molecular complexity index is 1660. The van der Waals surface area contributed by atoms with Crippen molar-refractivity contribution in [2.75, 3.05) is 25.5 Å². The van der Waals surface area contributed by atoms with E-state index in [-0.39, 0.29) is 18.3 Å². The molecule has 0 fully saturated rings. The van der Waals surface area contributed by atoms with Gasteiger partial charge in [-0.15, -0.1) is 0 Å². The average molecular weight is 591 g/mol. The van der Waals surface area contributed by atoms with Crippen molar-refractivity contribution in [3.63, 3.8) is 0 Å². The molecule has 41 heavy (non-hydrogen) atoms. The Hall–Kier alpha value is -4.12. The highest BCUT2D eigenvalue weighted by molar-refractivity contribution is 7.21. The fraction of sp³-hybridized carbons (Fsp3) is 0.200. The number of fused-ring (bicyclic) bond motifs is 1. The zero-order chi connectivity index (χ0) is 28.8. The number of anilines is 2. The molecular weight excluding hydrogens is 563 g/mol. The zero-order valence-electron chi connectivity index (χ0n) is 22.5. The van der Waals surface area contributed by atoms with Gasteiger partial charge in [0.2, 0.25) is 5.91 Å². The van der Waals surface area contributed by atoms with Crippen LogP contribution in [0.2, 0.25) is 5.02 Å². The van der Waals surface area contributed by atoms with Crippen LogP contribution in [0.1, 0.15) is 18.1 Å². The topological polar surface area (TPSA) is 92.3 Å². The molecule has 0 unspecified atom stereocenters. The molecule has 0 saturated carbocycles. The van der Waals surface area contributed by atoms with E-state index < -0.39 is 0 Å². The Morgan fingerprint density at radius 1 is 1.07 bits per heavy atom. The van der Waals surface area contributed by atoms with Gasteiger partial charge in [-0.05, 0) is 48.5 Å². The molecule has 0 aliphatic carbocycles. The van der Waals surface area contributed by atoms with Crippen molar-refractivity contribution in [1.82, 2.24) is 25.2 Å². The number of likely N-dealkylation sites (N-methyl/N-ethyl adjacent to an activating group) is 1. The minimum absolute atomic E-state index is 0.0212. The molecule has 0 spiro atoms. The first-order valence-corrected chi connectivity index (χ1v) is 14.1. The molecule has 0 aliphatic rings. The van der Waals surface area contributed by atoms with Crippen LogP contribution < -0.4 is 15.4 Å². The molecule has 3 aromatic carbocycles. The molecule has 5 rings (SSSR count). The SMILES string of the molecule is CC(=O)NCCN(C)Cc1ccc(-c2nc3c(Nc4ccc(OCc5cccc(F)c5)c(Cl)c4)ncnc3s2)cc1. The summed E-state index contributed by atoms with van der Waals surface area (Å²) < 4.78 is 19.2. The van der Waals surface area contributed by atoms with Crippen LogP contribution in [0.4, 0.5) is 15.9 Å². The summed E-state index contributed by atoms with van der Waals surface area (Å²) in [6, 6.07) is 19.9. The van der Waals surface area contributed by atoms with Gasteiger partial charge in [0.15, 0.2) is 5.82 Å². The molecule has 1 amide bonds. The molecule has 5 aromatic rings. The lowest BCUT2D eigenvalue weighted by Gasteiger charge is -2.16. The quantitative estimate of drug-likeness (QED) is 0.183. The van der Waals surface area contributed by atoms with Crippen LogP contribution in [-0.2, 0) is 17.9 Å². The highest BCUT2D eigenvalue weighted by atomic mass is 35.5. The van der Waals surface area contributed by atoms with Crippen LogP contribution >= 0.6 is 22.9 Å². The van der Waals surface area contributed by atoms with Crippen LogP contribution in [0.3, 0.4) is 0 Å². The minimum atomic E-state index is -0.311. The number of benzene rings is 3. The molecule has 0 atom stereocenters. The third kappa shape index (κ3) is 7.55. The van der Waals surface area contributed by atoms with Crippen molar-refractivity contribution < 1.29 is 13.9 Å². The Morgan fingerprint density at radius 2 is 1.90 bits per heavy atom. The summed E-state index contributed by atoms with van der Waals surface area (Å²) in [6.07, 6.45) is 1.50. The second kappa shape index (κ2) is 13.0. The average Bonchev–Trinajstić information content (AvgIpc) is 3.38. The molecule has 0 radical (unpaired) electrons. The molecule has 11 heteroatoms. The molecule has 2 aromatic heterocycles. The number of halogens is 2. The Balaban J connectivity index is 1.25. The number of amides is 1. The predicted octanol–water partition coefficient (Wildman–Crippen LogP) is 6.44. The number of thiazole rings is 1. The molecule has 0 saturated heterocycles. The number of nitrogens with zero attached hydrogens (tertiary/aromatic N) is 4. The van der Waals surface area contributed by atoms with E-state index in [1.54, 1.807) is 24.3 Å². The molecule has 8 nitrogen and oxygen atoms in total. The highest BCUT2D eigenvalue weighted by Gasteiger charge is 2.14. The summed E-state index contributed by atoms with van der Waals surface area (Å²) in [5, 5.41) is 7.36. The number of nitrogens with one attached hydrogen (secondary N) is 2.